The van der Waals surface area contributed by atoms with Gasteiger partial charge in [0.15, 0.2) is 5.60 Å². The molecule has 100 valence electrons. The number of carboxylic acids is 1. The lowest BCUT2D eigenvalue weighted by atomic mass is 10.1. The van der Waals surface area contributed by atoms with Gasteiger partial charge in [-0.3, -0.25) is 0 Å². The van der Waals surface area contributed by atoms with E-state index in [0.717, 1.165) is 6.92 Å². The standard InChI is InChI=1S/C10H21N3O4/c1-7(13(3)4)5-11-9(16)12-6-10(2,17)8(14)15/h7,17H,5-6H2,1-4H3,(H,14,15)(H2,11,12,16). The maximum Gasteiger partial charge on any atom is 0.337 e. The summed E-state index contributed by atoms with van der Waals surface area (Å²) in [5.74, 6) is -1.38. The van der Waals surface area contributed by atoms with Crippen molar-refractivity contribution in [2.75, 3.05) is 27.2 Å². The van der Waals surface area contributed by atoms with E-state index in [0.29, 0.717) is 6.54 Å². The van der Waals surface area contributed by atoms with Crippen molar-refractivity contribution in [3.63, 3.8) is 0 Å². The minimum Gasteiger partial charge on any atom is -0.479 e. The number of hydrogen-bond donors (Lipinski definition) is 4. The fourth-order valence-corrected chi connectivity index (χ4v) is 0.813. The van der Waals surface area contributed by atoms with E-state index in [1.807, 2.05) is 25.9 Å². The first kappa shape index (κ1) is 15.7. The molecule has 4 N–H and O–H groups in total. The van der Waals surface area contributed by atoms with Crippen molar-refractivity contribution in [2.24, 2.45) is 0 Å². The fraction of sp³-hybridized carbons (Fsp3) is 0.800. The monoisotopic (exact) mass is 247 g/mol. The molecule has 7 nitrogen and oxygen atoms in total. The molecular formula is C10H21N3O4. The number of likely N-dealkylation sites (N-methyl/N-ethyl adjacent to an activating group) is 1. The van der Waals surface area contributed by atoms with Crippen LogP contribution in [0.3, 0.4) is 0 Å². The minimum atomic E-state index is -1.95. The molecule has 0 radical (unpaired) electrons. The van der Waals surface area contributed by atoms with E-state index in [9.17, 15) is 14.7 Å². The van der Waals surface area contributed by atoms with Gasteiger partial charge in [0.2, 0.25) is 0 Å². The zero-order valence-corrected chi connectivity index (χ0v) is 10.6. The van der Waals surface area contributed by atoms with Crippen LogP contribution in [0.25, 0.3) is 0 Å². The molecule has 7 heteroatoms. The van der Waals surface area contributed by atoms with Crippen molar-refractivity contribution >= 4 is 12.0 Å². The summed E-state index contributed by atoms with van der Waals surface area (Å²) in [7, 11) is 3.78. The van der Waals surface area contributed by atoms with Crippen molar-refractivity contribution in [2.45, 2.75) is 25.5 Å². The first-order valence-corrected chi connectivity index (χ1v) is 5.30. The molecule has 0 bridgehead atoms. The Morgan fingerprint density at radius 2 is 1.88 bits per heavy atom. The minimum absolute atomic E-state index is 0.167. The van der Waals surface area contributed by atoms with Crippen LogP contribution in [-0.4, -0.2) is 65.9 Å². The molecule has 0 saturated carbocycles. The summed E-state index contributed by atoms with van der Waals surface area (Å²) in [5, 5.41) is 22.9. The van der Waals surface area contributed by atoms with Gasteiger partial charge in [0.1, 0.15) is 0 Å². The first-order valence-electron chi connectivity index (χ1n) is 5.30. The summed E-state index contributed by atoms with van der Waals surface area (Å²) in [6.45, 7) is 3.16. The van der Waals surface area contributed by atoms with Gasteiger partial charge in [0.25, 0.3) is 0 Å². The number of nitrogens with one attached hydrogen (secondary N) is 2. The second kappa shape index (κ2) is 6.41. The van der Waals surface area contributed by atoms with Crippen molar-refractivity contribution < 1.29 is 19.8 Å². The highest BCUT2D eigenvalue weighted by atomic mass is 16.4. The van der Waals surface area contributed by atoms with Crippen LogP contribution in [0.5, 0.6) is 0 Å². The van der Waals surface area contributed by atoms with Gasteiger partial charge in [0, 0.05) is 12.6 Å². The van der Waals surface area contributed by atoms with E-state index in [1.165, 1.54) is 0 Å². The third kappa shape index (κ3) is 6.08. The number of amides is 2. The lowest BCUT2D eigenvalue weighted by Gasteiger charge is -2.21. The van der Waals surface area contributed by atoms with E-state index >= 15 is 0 Å². The smallest absolute Gasteiger partial charge is 0.337 e. The van der Waals surface area contributed by atoms with Gasteiger partial charge in [0.05, 0.1) is 6.54 Å². The molecular weight excluding hydrogens is 226 g/mol. The number of rotatable bonds is 6. The van der Waals surface area contributed by atoms with Crippen LogP contribution in [0, 0.1) is 0 Å². The molecule has 0 aromatic carbocycles. The molecule has 0 fully saturated rings. The Hall–Kier alpha value is -1.34. The predicted octanol–water partition coefficient (Wildman–Crippen LogP) is -0.929. The van der Waals surface area contributed by atoms with Gasteiger partial charge in [-0.05, 0) is 27.9 Å². The number of carboxylic acid groups (broad SMARTS) is 1. The number of hydrogen-bond acceptors (Lipinski definition) is 4. The van der Waals surface area contributed by atoms with Crippen LogP contribution >= 0.6 is 0 Å². The number of urea groups is 1. The van der Waals surface area contributed by atoms with Crippen LogP contribution in [0.4, 0.5) is 4.79 Å². The normalized spacial score (nSPS) is 16.1. The molecule has 2 amide bonds. The van der Waals surface area contributed by atoms with Crippen LogP contribution in [0.2, 0.25) is 0 Å². The second-order valence-corrected chi connectivity index (χ2v) is 4.46. The first-order chi connectivity index (χ1) is 7.66. The van der Waals surface area contributed by atoms with Crippen molar-refractivity contribution in [1.82, 2.24) is 15.5 Å². The van der Waals surface area contributed by atoms with E-state index in [1.54, 1.807) is 0 Å². The molecule has 2 atom stereocenters. The Morgan fingerprint density at radius 1 is 1.35 bits per heavy atom. The number of aliphatic carboxylic acids is 1. The number of carbonyl (C=O) groups excluding carboxylic acids is 1. The van der Waals surface area contributed by atoms with Crippen molar-refractivity contribution in [3.8, 4) is 0 Å². The third-order valence-corrected chi connectivity index (χ3v) is 2.49. The molecule has 17 heavy (non-hydrogen) atoms. The fourth-order valence-electron chi connectivity index (χ4n) is 0.813. The van der Waals surface area contributed by atoms with Crippen LogP contribution in [0.15, 0.2) is 0 Å². The molecule has 0 aliphatic rings. The Morgan fingerprint density at radius 3 is 2.29 bits per heavy atom. The summed E-state index contributed by atoms with van der Waals surface area (Å²) in [6, 6.07) is -0.332. The van der Waals surface area contributed by atoms with Crippen LogP contribution < -0.4 is 10.6 Å². The van der Waals surface area contributed by atoms with E-state index in [2.05, 4.69) is 10.6 Å². The van der Waals surface area contributed by atoms with Gasteiger partial charge in [-0.2, -0.15) is 0 Å². The van der Waals surface area contributed by atoms with Gasteiger partial charge in [-0.25, -0.2) is 9.59 Å². The van der Waals surface area contributed by atoms with Crippen LogP contribution in [0.1, 0.15) is 13.8 Å². The zero-order chi connectivity index (χ0) is 13.6. The molecule has 0 rings (SSSR count). The quantitative estimate of drug-likeness (QED) is 0.486. The maximum absolute atomic E-state index is 11.3. The van der Waals surface area contributed by atoms with Crippen LogP contribution in [-0.2, 0) is 4.79 Å². The highest BCUT2D eigenvalue weighted by Crippen LogP contribution is 2.00. The van der Waals surface area contributed by atoms with Gasteiger partial charge in [-0.15, -0.1) is 0 Å². The molecule has 0 saturated heterocycles. The van der Waals surface area contributed by atoms with Gasteiger partial charge >= 0.3 is 12.0 Å². The highest BCUT2D eigenvalue weighted by Gasteiger charge is 2.30. The Kier molecular flexibility index (Phi) is 5.90. The molecule has 0 aliphatic heterocycles. The van der Waals surface area contributed by atoms with E-state index in [4.69, 9.17) is 5.11 Å². The second-order valence-electron chi connectivity index (χ2n) is 4.46. The summed E-state index contributed by atoms with van der Waals surface area (Å²) in [5.41, 5.74) is -1.95. The predicted molar refractivity (Wildman–Crippen MR) is 62.8 cm³/mol. The number of carbonyl (C=O) groups is 2. The topological polar surface area (TPSA) is 102 Å². The maximum atomic E-state index is 11.3. The molecule has 0 spiro atoms. The SMILES string of the molecule is CC(CNC(=O)NCC(C)(O)C(=O)O)N(C)C. The van der Waals surface area contributed by atoms with E-state index in [-0.39, 0.29) is 12.6 Å². The number of aliphatic hydroxyl groups is 1. The van der Waals surface area contributed by atoms with Gasteiger partial charge in [-0.1, -0.05) is 0 Å². The summed E-state index contributed by atoms with van der Waals surface area (Å²) < 4.78 is 0. The Balaban J connectivity index is 3.93. The average Bonchev–Trinajstić information content (AvgIpc) is 2.22. The van der Waals surface area contributed by atoms with E-state index < -0.39 is 17.6 Å². The molecule has 0 aromatic rings. The lowest BCUT2D eigenvalue weighted by molar-refractivity contribution is -0.155. The van der Waals surface area contributed by atoms with Gasteiger partial charge < -0.3 is 25.7 Å². The highest BCUT2D eigenvalue weighted by molar-refractivity contribution is 5.79. The largest absolute Gasteiger partial charge is 0.479 e. The Labute approximate surface area is 101 Å². The molecule has 0 aromatic heterocycles. The molecule has 2 unspecified atom stereocenters. The summed E-state index contributed by atoms with van der Waals surface area (Å²) in [6.07, 6.45) is 0. The third-order valence-electron chi connectivity index (χ3n) is 2.49. The van der Waals surface area contributed by atoms with Crippen molar-refractivity contribution in [3.05, 3.63) is 0 Å². The number of nitrogens with zero attached hydrogens (tertiary/aromatic N) is 1. The van der Waals surface area contributed by atoms with Crippen molar-refractivity contribution in [1.29, 1.82) is 0 Å². The average molecular weight is 247 g/mol. The zero-order valence-electron chi connectivity index (χ0n) is 10.6. The summed E-state index contributed by atoms with van der Waals surface area (Å²) in [4.78, 5) is 23.8. The molecule has 0 aliphatic carbocycles. The summed E-state index contributed by atoms with van der Waals surface area (Å²) >= 11 is 0. The Bertz CT molecular complexity index is 279. The lowest BCUT2D eigenvalue weighted by Crippen LogP contribution is -2.50. The molecule has 0 heterocycles.